The molecule has 1 atom stereocenters. The van der Waals surface area contributed by atoms with Gasteiger partial charge in [0.15, 0.2) is 0 Å². The molecule has 3 rings (SSSR count). The van der Waals surface area contributed by atoms with E-state index in [2.05, 4.69) is 4.98 Å². The van der Waals surface area contributed by atoms with Crippen molar-refractivity contribution in [1.82, 2.24) is 9.88 Å². The molecule has 26 heavy (non-hydrogen) atoms. The second kappa shape index (κ2) is 7.86. The second-order valence-corrected chi connectivity index (χ2v) is 7.64. The summed E-state index contributed by atoms with van der Waals surface area (Å²) < 4.78 is 5.73. The second-order valence-electron chi connectivity index (χ2n) is 6.55. The first-order valence-electron chi connectivity index (χ1n) is 8.62. The molecule has 1 unspecified atom stereocenters. The number of ether oxygens (including phenoxy) is 1. The van der Waals surface area contributed by atoms with E-state index in [4.69, 9.17) is 4.74 Å². The van der Waals surface area contributed by atoms with Crippen molar-refractivity contribution in [3.05, 3.63) is 45.4 Å². The Bertz CT molecular complexity index is 800. The predicted molar refractivity (Wildman–Crippen MR) is 98.6 cm³/mol. The molecule has 2 aromatic rings. The van der Waals surface area contributed by atoms with E-state index in [-0.39, 0.29) is 12.5 Å². The van der Waals surface area contributed by atoms with Crippen molar-refractivity contribution >= 4 is 23.2 Å². The summed E-state index contributed by atoms with van der Waals surface area (Å²) in [6.45, 7) is 4.98. The number of carbonyl (C=O) groups is 2. The number of benzene rings is 1. The van der Waals surface area contributed by atoms with Gasteiger partial charge in [0.2, 0.25) is 0 Å². The highest BCUT2D eigenvalue weighted by Crippen LogP contribution is 2.25. The SMILES string of the molecule is Cc1ccc(OCc2nc(C)c(C(=O)N3CCCC(C(=O)O)C3)s2)cc1. The number of hydrogen-bond donors (Lipinski definition) is 1. The van der Waals surface area contributed by atoms with Gasteiger partial charge < -0.3 is 14.7 Å². The summed E-state index contributed by atoms with van der Waals surface area (Å²) in [4.78, 5) is 30.6. The van der Waals surface area contributed by atoms with Crippen molar-refractivity contribution in [3.63, 3.8) is 0 Å². The lowest BCUT2D eigenvalue weighted by atomic mass is 9.98. The lowest BCUT2D eigenvalue weighted by Crippen LogP contribution is -2.42. The third kappa shape index (κ3) is 4.22. The quantitative estimate of drug-likeness (QED) is 0.869. The minimum Gasteiger partial charge on any atom is -0.486 e. The number of hydrogen-bond acceptors (Lipinski definition) is 5. The third-order valence-corrected chi connectivity index (χ3v) is 5.60. The van der Waals surface area contributed by atoms with E-state index in [1.165, 1.54) is 11.3 Å². The fraction of sp³-hybridized carbons (Fsp3) is 0.421. The first kappa shape index (κ1) is 18.4. The average molecular weight is 374 g/mol. The number of amides is 1. The zero-order valence-corrected chi connectivity index (χ0v) is 15.7. The summed E-state index contributed by atoms with van der Waals surface area (Å²) in [6, 6.07) is 7.77. The first-order chi connectivity index (χ1) is 12.4. The van der Waals surface area contributed by atoms with Gasteiger partial charge in [-0.3, -0.25) is 9.59 Å². The largest absolute Gasteiger partial charge is 0.486 e. The predicted octanol–water partition coefficient (Wildman–Crippen LogP) is 3.28. The van der Waals surface area contributed by atoms with Crippen molar-refractivity contribution in [2.45, 2.75) is 33.3 Å². The van der Waals surface area contributed by atoms with Crippen LogP contribution < -0.4 is 4.74 Å². The Labute approximate surface area is 156 Å². The van der Waals surface area contributed by atoms with Gasteiger partial charge in [-0.15, -0.1) is 11.3 Å². The van der Waals surface area contributed by atoms with Crippen LogP contribution in [0.25, 0.3) is 0 Å². The molecular formula is C19H22N2O4S. The van der Waals surface area contributed by atoms with Gasteiger partial charge in [-0.1, -0.05) is 17.7 Å². The zero-order chi connectivity index (χ0) is 18.7. The molecular weight excluding hydrogens is 352 g/mol. The van der Waals surface area contributed by atoms with Crippen molar-refractivity contribution in [3.8, 4) is 5.75 Å². The van der Waals surface area contributed by atoms with Crippen molar-refractivity contribution in [2.24, 2.45) is 5.92 Å². The molecule has 0 aliphatic carbocycles. The van der Waals surface area contributed by atoms with Crippen molar-refractivity contribution in [2.75, 3.05) is 13.1 Å². The summed E-state index contributed by atoms with van der Waals surface area (Å²) in [6.07, 6.45) is 1.33. The third-order valence-electron chi connectivity index (χ3n) is 4.48. The number of carboxylic acid groups (broad SMARTS) is 1. The Morgan fingerprint density at radius 3 is 2.73 bits per heavy atom. The highest BCUT2D eigenvalue weighted by Gasteiger charge is 2.30. The maximum Gasteiger partial charge on any atom is 0.308 e. The van der Waals surface area contributed by atoms with E-state index in [0.29, 0.717) is 36.6 Å². The van der Waals surface area contributed by atoms with Gasteiger partial charge in [0.25, 0.3) is 5.91 Å². The summed E-state index contributed by atoms with van der Waals surface area (Å²) in [5.74, 6) is -0.690. The van der Waals surface area contributed by atoms with Gasteiger partial charge in [0.1, 0.15) is 22.2 Å². The minimum absolute atomic E-state index is 0.132. The maximum atomic E-state index is 12.8. The van der Waals surface area contributed by atoms with Crippen LogP contribution in [0.2, 0.25) is 0 Å². The number of nitrogens with zero attached hydrogens (tertiary/aromatic N) is 2. The Kier molecular flexibility index (Phi) is 5.56. The molecule has 0 spiro atoms. The van der Waals surface area contributed by atoms with E-state index in [0.717, 1.165) is 16.3 Å². The van der Waals surface area contributed by atoms with Gasteiger partial charge in [-0.2, -0.15) is 0 Å². The topological polar surface area (TPSA) is 79.7 Å². The van der Waals surface area contributed by atoms with Gasteiger partial charge in [-0.05, 0) is 38.8 Å². The number of thiazole rings is 1. The summed E-state index contributed by atoms with van der Waals surface area (Å²) in [5, 5.41) is 9.93. The number of likely N-dealkylation sites (tertiary alicyclic amines) is 1. The first-order valence-corrected chi connectivity index (χ1v) is 9.43. The van der Waals surface area contributed by atoms with Crippen LogP contribution in [0.4, 0.5) is 0 Å². The molecule has 1 amide bonds. The lowest BCUT2D eigenvalue weighted by molar-refractivity contribution is -0.143. The summed E-state index contributed by atoms with van der Waals surface area (Å²) in [5.41, 5.74) is 1.83. The fourth-order valence-electron chi connectivity index (χ4n) is 3.00. The molecule has 1 saturated heterocycles. The van der Waals surface area contributed by atoms with E-state index < -0.39 is 11.9 Å². The van der Waals surface area contributed by atoms with Gasteiger partial charge >= 0.3 is 5.97 Å². The van der Waals surface area contributed by atoms with Crippen LogP contribution in [-0.4, -0.2) is 40.0 Å². The molecule has 1 fully saturated rings. The van der Waals surface area contributed by atoms with Crippen LogP contribution in [0.3, 0.4) is 0 Å². The Balaban J connectivity index is 1.66. The van der Waals surface area contributed by atoms with Gasteiger partial charge in [0.05, 0.1) is 11.6 Å². The number of piperidine rings is 1. The molecule has 138 valence electrons. The van der Waals surface area contributed by atoms with E-state index in [1.54, 1.807) is 11.8 Å². The normalized spacial score (nSPS) is 17.2. The molecule has 6 nitrogen and oxygen atoms in total. The monoisotopic (exact) mass is 374 g/mol. The Hall–Kier alpha value is -2.41. The van der Waals surface area contributed by atoms with E-state index >= 15 is 0 Å². The fourth-order valence-corrected chi connectivity index (χ4v) is 3.94. The van der Waals surface area contributed by atoms with Crippen molar-refractivity contribution in [1.29, 1.82) is 0 Å². The van der Waals surface area contributed by atoms with Crippen LogP contribution in [-0.2, 0) is 11.4 Å². The van der Waals surface area contributed by atoms with Gasteiger partial charge in [0, 0.05) is 13.1 Å². The molecule has 1 aromatic heterocycles. The number of aromatic nitrogens is 1. The van der Waals surface area contributed by atoms with Crippen LogP contribution >= 0.6 is 11.3 Å². The number of aryl methyl sites for hydroxylation is 2. The maximum absolute atomic E-state index is 12.8. The average Bonchev–Trinajstić information content (AvgIpc) is 3.01. The molecule has 2 heterocycles. The zero-order valence-electron chi connectivity index (χ0n) is 14.9. The Morgan fingerprint density at radius 2 is 2.04 bits per heavy atom. The summed E-state index contributed by atoms with van der Waals surface area (Å²) >= 11 is 1.32. The number of aliphatic carboxylic acids is 1. The smallest absolute Gasteiger partial charge is 0.308 e. The number of rotatable bonds is 5. The molecule has 0 saturated carbocycles. The molecule has 1 N–H and O–H groups in total. The molecule has 0 radical (unpaired) electrons. The van der Waals surface area contributed by atoms with E-state index in [9.17, 15) is 14.7 Å². The molecule has 1 aliphatic rings. The van der Waals surface area contributed by atoms with Gasteiger partial charge in [-0.25, -0.2) is 4.98 Å². The molecule has 0 bridgehead atoms. The van der Waals surface area contributed by atoms with Crippen molar-refractivity contribution < 1.29 is 19.4 Å². The van der Waals surface area contributed by atoms with Crippen LogP contribution in [0.1, 0.15) is 38.8 Å². The lowest BCUT2D eigenvalue weighted by Gasteiger charge is -2.30. The number of carbonyl (C=O) groups excluding carboxylic acids is 1. The van der Waals surface area contributed by atoms with Crippen LogP contribution in [0, 0.1) is 19.8 Å². The highest BCUT2D eigenvalue weighted by molar-refractivity contribution is 7.13. The Morgan fingerprint density at radius 1 is 1.31 bits per heavy atom. The number of carboxylic acids is 1. The highest BCUT2D eigenvalue weighted by atomic mass is 32.1. The van der Waals surface area contributed by atoms with Crippen LogP contribution in [0.5, 0.6) is 5.75 Å². The molecule has 7 heteroatoms. The molecule has 1 aromatic carbocycles. The summed E-state index contributed by atoms with van der Waals surface area (Å²) in [7, 11) is 0. The molecule has 1 aliphatic heterocycles. The van der Waals surface area contributed by atoms with E-state index in [1.807, 2.05) is 31.2 Å². The minimum atomic E-state index is -0.837. The standard InChI is InChI=1S/C19H22N2O4S/c1-12-5-7-15(8-6-12)25-11-16-20-13(2)17(26-16)18(22)21-9-3-4-14(10-21)19(23)24/h5-8,14H,3-4,9-11H2,1-2H3,(H,23,24). The van der Waals surface area contributed by atoms with Crippen LogP contribution in [0.15, 0.2) is 24.3 Å².